The van der Waals surface area contributed by atoms with E-state index in [0.29, 0.717) is 18.9 Å². The molecule has 1 aliphatic rings. The van der Waals surface area contributed by atoms with Crippen LogP contribution in [0.4, 0.5) is 0 Å². The van der Waals surface area contributed by atoms with E-state index in [1.165, 1.54) is 32.1 Å². The molecule has 0 saturated heterocycles. The maximum absolute atomic E-state index is 11.4. The van der Waals surface area contributed by atoms with Crippen molar-refractivity contribution < 1.29 is 9.53 Å². The monoisotopic (exact) mass is 252 g/mol. The highest BCUT2D eigenvalue weighted by atomic mass is 16.5. The molecule has 0 spiro atoms. The van der Waals surface area contributed by atoms with Crippen molar-refractivity contribution in [2.75, 3.05) is 6.61 Å². The first-order chi connectivity index (χ1) is 8.79. The predicted octanol–water partition coefficient (Wildman–Crippen LogP) is 4.64. The molecule has 0 aromatic heterocycles. The summed E-state index contributed by atoms with van der Waals surface area (Å²) in [5.74, 6) is 0.643. The summed E-state index contributed by atoms with van der Waals surface area (Å²) in [7, 11) is 0. The van der Waals surface area contributed by atoms with Gasteiger partial charge in [-0.05, 0) is 44.4 Å². The highest BCUT2D eigenvalue weighted by molar-refractivity contribution is 5.69. The highest BCUT2D eigenvalue weighted by Crippen LogP contribution is 2.13. The summed E-state index contributed by atoms with van der Waals surface area (Å²) in [6, 6.07) is 0. The van der Waals surface area contributed by atoms with E-state index in [4.69, 9.17) is 4.74 Å². The minimum Gasteiger partial charge on any atom is -0.466 e. The third kappa shape index (κ3) is 8.32. The van der Waals surface area contributed by atoms with Gasteiger partial charge < -0.3 is 4.74 Å². The van der Waals surface area contributed by atoms with Crippen LogP contribution in [0.3, 0.4) is 0 Å². The van der Waals surface area contributed by atoms with Crippen molar-refractivity contribution in [3.05, 3.63) is 12.2 Å². The molecule has 1 atom stereocenters. The van der Waals surface area contributed by atoms with Gasteiger partial charge in [0.1, 0.15) is 0 Å². The molecular weight excluding hydrogens is 224 g/mol. The molecule has 0 N–H and O–H groups in total. The second-order valence-corrected chi connectivity index (χ2v) is 5.47. The Morgan fingerprint density at radius 3 is 2.61 bits per heavy atom. The Kier molecular flexibility index (Phi) is 8.62. The lowest BCUT2D eigenvalue weighted by Gasteiger charge is -2.10. The Morgan fingerprint density at radius 1 is 1.00 bits per heavy atom. The van der Waals surface area contributed by atoms with Crippen LogP contribution < -0.4 is 0 Å². The van der Waals surface area contributed by atoms with E-state index in [9.17, 15) is 4.79 Å². The number of cyclic esters (lactones) is 1. The number of hydrogen-bond donors (Lipinski definition) is 0. The van der Waals surface area contributed by atoms with Crippen molar-refractivity contribution in [2.45, 2.75) is 71.1 Å². The number of carbonyl (C=O) groups excluding carboxylic acids is 1. The van der Waals surface area contributed by atoms with Crippen LogP contribution in [-0.2, 0) is 9.53 Å². The van der Waals surface area contributed by atoms with Crippen LogP contribution in [0.1, 0.15) is 71.1 Å². The fourth-order valence-electron chi connectivity index (χ4n) is 2.27. The van der Waals surface area contributed by atoms with Crippen molar-refractivity contribution in [2.24, 2.45) is 5.92 Å². The molecule has 1 aliphatic heterocycles. The molecule has 1 heterocycles. The number of esters is 1. The fourth-order valence-corrected chi connectivity index (χ4v) is 2.27. The first-order valence-electron chi connectivity index (χ1n) is 7.59. The molecule has 2 nitrogen and oxygen atoms in total. The molecule has 0 bridgehead atoms. The number of hydrogen-bond acceptors (Lipinski definition) is 2. The van der Waals surface area contributed by atoms with E-state index in [0.717, 1.165) is 25.7 Å². The summed E-state index contributed by atoms with van der Waals surface area (Å²) in [5, 5.41) is 0. The maximum atomic E-state index is 11.4. The predicted molar refractivity (Wildman–Crippen MR) is 75.4 cm³/mol. The summed E-state index contributed by atoms with van der Waals surface area (Å²) < 4.78 is 5.26. The summed E-state index contributed by atoms with van der Waals surface area (Å²) in [6.45, 7) is 2.84. The molecular formula is C16H28O2. The molecule has 0 aromatic rings. The molecule has 104 valence electrons. The van der Waals surface area contributed by atoms with Crippen molar-refractivity contribution in [3.8, 4) is 0 Å². The third-order valence-corrected chi connectivity index (χ3v) is 3.62. The quantitative estimate of drug-likeness (QED) is 0.464. The van der Waals surface area contributed by atoms with Gasteiger partial charge in [0.25, 0.3) is 0 Å². The SMILES string of the molecule is C[C@@H]1CCC=CCCCCCCCC(=O)OCC1. The zero-order chi connectivity index (χ0) is 13.1. The van der Waals surface area contributed by atoms with E-state index in [2.05, 4.69) is 19.1 Å². The Hall–Kier alpha value is -0.790. The van der Waals surface area contributed by atoms with Crippen molar-refractivity contribution >= 4 is 5.97 Å². The second-order valence-electron chi connectivity index (χ2n) is 5.47. The van der Waals surface area contributed by atoms with Gasteiger partial charge in [-0.15, -0.1) is 0 Å². The van der Waals surface area contributed by atoms with Gasteiger partial charge in [-0.1, -0.05) is 38.3 Å². The van der Waals surface area contributed by atoms with E-state index in [1.807, 2.05) is 0 Å². The normalized spacial score (nSPS) is 25.6. The first kappa shape index (κ1) is 15.3. The standard InChI is InChI=1S/C16H28O2/c1-15-11-9-7-5-3-2-4-6-8-10-12-16(17)18-14-13-15/h5,7,15H,2-4,6,8-14H2,1H3/t15-/m1/s1. The Labute approximate surface area is 112 Å². The largest absolute Gasteiger partial charge is 0.466 e. The zero-order valence-corrected chi connectivity index (χ0v) is 11.8. The van der Waals surface area contributed by atoms with Gasteiger partial charge in [-0.25, -0.2) is 0 Å². The van der Waals surface area contributed by atoms with Crippen LogP contribution in [0.25, 0.3) is 0 Å². The van der Waals surface area contributed by atoms with Gasteiger partial charge in [-0.2, -0.15) is 0 Å². The molecule has 0 aliphatic carbocycles. The van der Waals surface area contributed by atoms with E-state index in [-0.39, 0.29) is 5.97 Å². The summed E-state index contributed by atoms with van der Waals surface area (Å²) in [5.41, 5.74) is 0. The number of allylic oxidation sites excluding steroid dienone is 2. The Bertz CT molecular complexity index is 245. The van der Waals surface area contributed by atoms with Crippen LogP contribution in [0.15, 0.2) is 12.2 Å². The van der Waals surface area contributed by atoms with Gasteiger partial charge in [0.05, 0.1) is 6.61 Å². The molecule has 0 unspecified atom stereocenters. The minimum atomic E-state index is -0.00538. The first-order valence-corrected chi connectivity index (χ1v) is 7.59. The lowest BCUT2D eigenvalue weighted by molar-refractivity contribution is -0.144. The molecule has 0 fully saturated rings. The van der Waals surface area contributed by atoms with Gasteiger partial charge in [0.15, 0.2) is 0 Å². The minimum absolute atomic E-state index is 0.00538. The van der Waals surface area contributed by atoms with Crippen LogP contribution in [0.2, 0.25) is 0 Å². The third-order valence-electron chi connectivity index (χ3n) is 3.62. The molecule has 1 rings (SSSR count). The van der Waals surface area contributed by atoms with Gasteiger partial charge in [0.2, 0.25) is 0 Å². The average molecular weight is 252 g/mol. The smallest absolute Gasteiger partial charge is 0.305 e. The summed E-state index contributed by atoms with van der Waals surface area (Å²) in [4.78, 5) is 11.4. The molecule has 18 heavy (non-hydrogen) atoms. The average Bonchev–Trinajstić information content (AvgIpc) is 2.34. The fraction of sp³-hybridized carbons (Fsp3) is 0.812. The number of ether oxygens (including phenoxy) is 1. The van der Waals surface area contributed by atoms with Gasteiger partial charge >= 0.3 is 5.97 Å². The summed E-state index contributed by atoms with van der Waals surface area (Å²) >= 11 is 0. The van der Waals surface area contributed by atoms with Crippen molar-refractivity contribution in [1.82, 2.24) is 0 Å². The van der Waals surface area contributed by atoms with E-state index < -0.39 is 0 Å². The lowest BCUT2D eigenvalue weighted by atomic mass is 10.0. The van der Waals surface area contributed by atoms with Crippen LogP contribution in [0, 0.1) is 5.92 Å². The van der Waals surface area contributed by atoms with Crippen LogP contribution >= 0.6 is 0 Å². The number of carbonyl (C=O) groups is 1. The highest BCUT2D eigenvalue weighted by Gasteiger charge is 2.05. The summed E-state index contributed by atoms with van der Waals surface area (Å²) in [6.07, 6.45) is 15.8. The molecule has 0 amide bonds. The lowest BCUT2D eigenvalue weighted by Crippen LogP contribution is -2.08. The zero-order valence-electron chi connectivity index (χ0n) is 11.8. The van der Waals surface area contributed by atoms with Crippen molar-refractivity contribution in [1.29, 1.82) is 0 Å². The topological polar surface area (TPSA) is 26.3 Å². The van der Waals surface area contributed by atoms with Gasteiger partial charge in [0, 0.05) is 6.42 Å². The van der Waals surface area contributed by atoms with Crippen molar-refractivity contribution in [3.63, 3.8) is 0 Å². The molecule has 0 aromatic carbocycles. The maximum Gasteiger partial charge on any atom is 0.305 e. The second kappa shape index (κ2) is 10.2. The Balaban J connectivity index is 2.27. The van der Waals surface area contributed by atoms with E-state index in [1.54, 1.807) is 0 Å². The molecule has 0 radical (unpaired) electrons. The molecule has 0 saturated carbocycles. The van der Waals surface area contributed by atoms with E-state index >= 15 is 0 Å². The number of rotatable bonds is 0. The van der Waals surface area contributed by atoms with Gasteiger partial charge in [-0.3, -0.25) is 4.79 Å². The van der Waals surface area contributed by atoms with Crippen LogP contribution in [-0.4, -0.2) is 12.6 Å². The Morgan fingerprint density at radius 2 is 1.72 bits per heavy atom. The molecule has 2 heteroatoms. The van der Waals surface area contributed by atoms with Crippen LogP contribution in [0.5, 0.6) is 0 Å².